The second-order valence-corrected chi connectivity index (χ2v) is 17.7. The van der Waals surface area contributed by atoms with Crippen molar-refractivity contribution in [2.45, 2.75) is 115 Å². The van der Waals surface area contributed by atoms with Crippen LogP contribution in [0.1, 0.15) is 98.1 Å². The molecule has 4 aliphatic rings. The van der Waals surface area contributed by atoms with Crippen molar-refractivity contribution in [1.29, 1.82) is 0 Å². The number of rotatable bonds is 9. The fourth-order valence-corrected chi connectivity index (χ4v) is 10.4. The van der Waals surface area contributed by atoms with Crippen LogP contribution in [0, 0.1) is 17.3 Å². The van der Waals surface area contributed by atoms with Gasteiger partial charge in [-0.1, -0.05) is 50.2 Å². The summed E-state index contributed by atoms with van der Waals surface area (Å²) in [6.45, 7) is 7.66. The summed E-state index contributed by atoms with van der Waals surface area (Å²) in [5.74, 6) is -12.1. The third-order valence-electron chi connectivity index (χ3n) is 13.3. The second-order valence-electron chi connectivity index (χ2n) is 17.7. The lowest BCUT2D eigenvalue weighted by Gasteiger charge is -2.67. The number of aliphatic hydroxyl groups is 1. The number of ether oxygens (including phenoxy) is 9. The summed E-state index contributed by atoms with van der Waals surface area (Å²) in [7, 11) is 0. The lowest BCUT2D eigenvalue weighted by atomic mass is 9.45. The van der Waals surface area contributed by atoms with Crippen molar-refractivity contribution < 1.29 is 86.1 Å². The molecule has 2 saturated carbocycles. The molecule has 19 nitrogen and oxygen atoms in total. The van der Waals surface area contributed by atoms with Gasteiger partial charge in [0.05, 0.1) is 34.2 Å². The minimum atomic E-state index is -2.91. The molecule has 2 aromatic carbocycles. The predicted octanol–water partition coefficient (Wildman–Crippen LogP) is 3.62. The number of hydrogen-bond donors (Lipinski definition) is 1. The van der Waals surface area contributed by atoms with E-state index >= 15 is 0 Å². The van der Waals surface area contributed by atoms with Gasteiger partial charge in [0.25, 0.3) is 0 Å². The number of pyridine rings is 1. The SMILES string of the molecule is CC(=O)OC[C@]12[C@H](OC(C)=O)[C@H](OC(C)=O)[C@@H]3[C@@H](OC(=O)c4ccccc4)[C@@]14O[C@@]3(C)COC(=O)c1cccnc1[C@@H](C)[C@@H](C)C(=O)O[C@@H]([C@H](OC(C)=O)[C@@H]2OC(=O)c1ccccc1)[C@]4(C)O. The highest BCUT2D eigenvalue weighted by Crippen LogP contribution is 2.70. The van der Waals surface area contributed by atoms with Gasteiger partial charge in [-0.2, -0.15) is 0 Å². The first-order valence-corrected chi connectivity index (χ1v) is 21.5. The number of hydrogen-bond acceptors (Lipinski definition) is 19. The normalized spacial score (nSPS) is 34.1. The highest BCUT2D eigenvalue weighted by molar-refractivity contribution is 5.92. The number of carbonyl (C=O) groups is 8. The van der Waals surface area contributed by atoms with E-state index in [1.807, 2.05) is 0 Å². The van der Waals surface area contributed by atoms with Crippen LogP contribution in [0.15, 0.2) is 79.0 Å². The Morgan fingerprint density at radius 1 is 0.687 bits per heavy atom. The van der Waals surface area contributed by atoms with E-state index in [1.54, 1.807) is 31.2 Å². The first kappa shape index (κ1) is 48.2. The molecule has 1 saturated heterocycles. The average Bonchev–Trinajstić information content (AvgIpc) is 3.51. The van der Waals surface area contributed by atoms with E-state index in [0.717, 1.165) is 34.6 Å². The molecule has 2 aliphatic heterocycles. The lowest BCUT2D eigenvalue weighted by Crippen LogP contribution is -2.89. The van der Waals surface area contributed by atoms with Crippen molar-refractivity contribution in [1.82, 2.24) is 4.98 Å². The standard InChI is InChI=1S/C48H51NO18/c1-24-25(2)41(54)65-38-36(62-28(5)52)40(66-43(56)31-18-13-10-14-19-31)47(23-59-26(3)50)39(63-29(6)53)35(61-27(4)51)33-37(64-42(55)30-16-11-9-12-17-30)48(47,46(38,8)58)67-45(33,7)22-60-44(57)32-20-15-21-49-34(24)32/h9-21,24-25,33,35-40,58H,22-23H2,1-8H3/t24-,25+,33+,35+,36-,37+,38-,39+,40-,45-,46-,47+,48-/m0/s1. The van der Waals surface area contributed by atoms with E-state index < -0.39 is 138 Å². The molecule has 7 rings (SSSR count). The fourth-order valence-electron chi connectivity index (χ4n) is 10.4. The van der Waals surface area contributed by atoms with Crippen LogP contribution in [-0.2, 0) is 66.6 Å². The number of aromatic nitrogens is 1. The molecule has 19 heteroatoms. The van der Waals surface area contributed by atoms with Crippen LogP contribution in [0.4, 0.5) is 0 Å². The molecule has 0 amide bonds. The second kappa shape index (κ2) is 18.2. The van der Waals surface area contributed by atoms with E-state index in [2.05, 4.69) is 4.98 Å². The molecule has 1 aromatic heterocycles. The molecule has 1 spiro atoms. The monoisotopic (exact) mass is 929 g/mol. The topological polar surface area (TPSA) is 253 Å². The minimum Gasteiger partial charge on any atom is -0.465 e. The molecule has 1 N–H and O–H groups in total. The Balaban J connectivity index is 1.65. The highest BCUT2D eigenvalue weighted by Gasteiger charge is 2.92. The Morgan fingerprint density at radius 2 is 1.22 bits per heavy atom. The first-order chi connectivity index (χ1) is 31.6. The smallest absolute Gasteiger partial charge is 0.340 e. The van der Waals surface area contributed by atoms with E-state index in [-0.39, 0.29) is 22.4 Å². The van der Waals surface area contributed by atoms with Crippen molar-refractivity contribution in [2.75, 3.05) is 13.2 Å². The van der Waals surface area contributed by atoms with Crippen LogP contribution >= 0.6 is 0 Å². The van der Waals surface area contributed by atoms with Gasteiger partial charge in [0, 0.05) is 39.8 Å². The van der Waals surface area contributed by atoms with Gasteiger partial charge in [-0.15, -0.1) is 0 Å². The number of fused-ring (bicyclic) bond motifs is 5. The number of cyclic esters (lactones) is 1. The van der Waals surface area contributed by atoms with Gasteiger partial charge in [0.15, 0.2) is 30.0 Å². The molecular formula is C48H51NO18. The van der Waals surface area contributed by atoms with Crippen molar-refractivity contribution >= 4 is 47.8 Å². The quantitative estimate of drug-likeness (QED) is 0.238. The van der Waals surface area contributed by atoms with Gasteiger partial charge in [0.1, 0.15) is 42.0 Å². The molecule has 2 aliphatic carbocycles. The van der Waals surface area contributed by atoms with E-state index in [4.69, 9.17) is 42.6 Å². The summed E-state index contributed by atoms with van der Waals surface area (Å²) in [5, 5.41) is 13.9. The van der Waals surface area contributed by atoms with Crippen LogP contribution in [0.2, 0.25) is 0 Å². The zero-order valence-electron chi connectivity index (χ0n) is 38.0. The summed E-state index contributed by atoms with van der Waals surface area (Å²) in [6, 6.07) is 17.8. The molecule has 67 heavy (non-hydrogen) atoms. The summed E-state index contributed by atoms with van der Waals surface area (Å²) in [4.78, 5) is 116. The van der Waals surface area contributed by atoms with E-state index in [0.29, 0.717) is 0 Å². The molecule has 3 aromatic rings. The minimum absolute atomic E-state index is 0.0377. The summed E-state index contributed by atoms with van der Waals surface area (Å²) < 4.78 is 56.6. The van der Waals surface area contributed by atoms with Gasteiger partial charge in [-0.05, 0) is 50.2 Å². The molecule has 3 heterocycles. The number of benzene rings is 2. The molecule has 4 bridgehead atoms. The maximum absolute atomic E-state index is 14.8. The van der Waals surface area contributed by atoms with Gasteiger partial charge >= 0.3 is 47.8 Å². The van der Waals surface area contributed by atoms with Gasteiger partial charge in [-0.25, -0.2) is 14.4 Å². The first-order valence-electron chi connectivity index (χ1n) is 21.5. The van der Waals surface area contributed by atoms with Gasteiger partial charge < -0.3 is 47.7 Å². The maximum Gasteiger partial charge on any atom is 0.340 e. The van der Waals surface area contributed by atoms with Crippen molar-refractivity contribution in [2.24, 2.45) is 17.3 Å². The number of esters is 8. The largest absolute Gasteiger partial charge is 0.465 e. The molecule has 356 valence electrons. The Kier molecular flexibility index (Phi) is 13.1. The molecule has 3 fully saturated rings. The summed E-state index contributed by atoms with van der Waals surface area (Å²) in [5.41, 5.74) is -10.7. The molecule has 13 atom stereocenters. The molecule has 0 radical (unpaired) electrons. The highest BCUT2D eigenvalue weighted by atomic mass is 16.7. The van der Waals surface area contributed by atoms with Crippen LogP contribution in [-0.4, -0.2) is 124 Å². The van der Waals surface area contributed by atoms with Gasteiger partial charge in [0.2, 0.25) is 0 Å². The lowest BCUT2D eigenvalue weighted by molar-refractivity contribution is -0.385. The number of nitrogens with zero attached hydrogens (tertiary/aromatic N) is 1. The number of carbonyl (C=O) groups excluding carboxylic acids is 8. The Bertz CT molecular complexity index is 2460. The maximum atomic E-state index is 14.8. The van der Waals surface area contributed by atoms with Crippen LogP contribution < -0.4 is 0 Å². The van der Waals surface area contributed by atoms with Crippen molar-refractivity contribution in [3.63, 3.8) is 0 Å². The Labute approximate surface area is 384 Å². The van der Waals surface area contributed by atoms with Crippen molar-refractivity contribution in [3.05, 3.63) is 101 Å². The molecular weight excluding hydrogens is 879 g/mol. The van der Waals surface area contributed by atoms with Crippen LogP contribution in [0.3, 0.4) is 0 Å². The Hall–Kier alpha value is -6.73. The van der Waals surface area contributed by atoms with E-state index in [1.165, 1.54) is 68.6 Å². The summed E-state index contributed by atoms with van der Waals surface area (Å²) >= 11 is 0. The van der Waals surface area contributed by atoms with E-state index in [9.17, 15) is 43.5 Å². The third-order valence-corrected chi connectivity index (χ3v) is 13.3. The Morgan fingerprint density at radius 3 is 1.78 bits per heavy atom. The fraction of sp³-hybridized carbons (Fsp3) is 0.479. The average molecular weight is 930 g/mol. The van der Waals surface area contributed by atoms with Gasteiger partial charge in [-0.3, -0.25) is 29.0 Å². The zero-order chi connectivity index (χ0) is 48.8. The predicted molar refractivity (Wildman–Crippen MR) is 225 cm³/mol. The zero-order valence-corrected chi connectivity index (χ0v) is 38.0. The molecule has 0 unspecified atom stereocenters. The van der Waals surface area contributed by atoms with Crippen LogP contribution in [0.5, 0.6) is 0 Å². The third kappa shape index (κ3) is 8.17. The van der Waals surface area contributed by atoms with Crippen LogP contribution in [0.25, 0.3) is 0 Å². The summed E-state index contributed by atoms with van der Waals surface area (Å²) in [6.07, 6.45) is -11.1. The van der Waals surface area contributed by atoms with Crippen molar-refractivity contribution in [3.8, 4) is 0 Å².